The number of halogens is 2. The van der Waals surface area contributed by atoms with Crippen LogP contribution in [0.4, 0.5) is 0 Å². The molecule has 5 nitrogen and oxygen atoms in total. The van der Waals surface area contributed by atoms with Crippen LogP contribution in [0.3, 0.4) is 0 Å². The zero-order chi connectivity index (χ0) is 16.0. The quantitative estimate of drug-likeness (QED) is 0.548. The fraction of sp³-hybridized carbons (Fsp3) is 0. The normalized spacial score (nSPS) is 12.3. The van der Waals surface area contributed by atoms with E-state index in [1.54, 1.807) is 36.4 Å². The highest BCUT2D eigenvalue weighted by Gasteiger charge is 2.14. The molecule has 3 aromatic heterocycles. The molecule has 4 rings (SSSR count). The van der Waals surface area contributed by atoms with E-state index in [1.807, 2.05) is 0 Å². The molecule has 0 atom stereocenters. The van der Waals surface area contributed by atoms with E-state index < -0.39 is 0 Å². The van der Waals surface area contributed by atoms with Gasteiger partial charge in [-0.1, -0.05) is 40.6 Å². The Morgan fingerprint density at radius 3 is 2.61 bits per heavy atom. The van der Waals surface area contributed by atoms with E-state index in [4.69, 9.17) is 27.6 Å². The van der Waals surface area contributed by atoms with Gasteiger partial charge in [-0.2, -0.15) is 9.50 Å². The number of benzene rings is 1. The van der Waals surface area contributed by atoms with Crippen molar-refractivity contribution in [3.63, 3.8) is 0 Å². The van der Waals surface area contributed by atoms with Crippen molar-refractivity contribution in [1.29, 1.82) is 0 Å². The topological polar surface area (TPSA) is 60.4 Å². The lowest BCUT2D eigenvalue weighted by Gasteiger charge is -1.99. The van der Waals surface area contributed by atoms with Crippen LogP contribution in [0.15, 0.2) is 45.8 Å². The molecule has 0 radical (unpaired) electrons. The molecule has 0 fully saturated rings. The number of hydrogen-bond acceptors (Lipinski definition) is 5. The van der Waals surface area contributed by atoms with Crippen LogP contribution in [-0.2, 0) is 0 Å². The fourth-order valence-corrected chi connectivity index (χ4v) is 3.52. The van der Waals surface area contributed by atoms with Crippen LogP contribution in [0.5, 0.6) is 0 Å². The lowest BCUT2D eigenvalue weighted by Crippen LogP contribution is -2.23. The monoisotopic (exact) mass is 363 g/mol. The summed E-state index contributed by atoms with van der Waals surface area (Å²) in [4.78, 5) is 17.3. The second-order valence-electron chi connectivity index (χ2n) is 4.66. The van der Waals surface area contributed by atoms with E-state index in [0.717, 1.165) is 0 Å². The van der Waals surface area contributed by atoms with Crippen LogP contribution in [0.1, 0.15) is 5.56 Å². The number of hydrogen-bond donors (Lipinski definition) is 0. The van der Waals surface area contributed by atoms with Crippen molar-refractivity contribution < 1.29 is 4.42 Å². The molecular weight excluding hydrogens is 357 g/mol. The van der Waals surface area contributed by atoms with Crippen molar-refractivity contribution in [3.05, 3.63) is 67.1 Å². The first kappa shape index (κ1) is 14.4. The van der Waals surface area contributed by atoms with Crippen LogP contribution < -0.4 is 10.1 Å². The maximum absolute atomic E-state index is 12.5. The van der Waals surface area contributed by atoms with Gasteiger partial charge in [0.05, 0.1) is 10.8 Å². The second-order valence-corrected chi connectivity index (χ2v) is 6.48. The van der Waals surface area contributed by atoms with Gasteiger partial charge in [0.2, 0.25) is 10.8 Å². The number of aromatic nitrogens is 3. The smallest absolute Gasteiger partial charge is 0.291 e. The lowest BCUT2D eigenvalue weighted by molar-refractivity contribution is 0.577. The zero-order valence-corrected chi connectivity index (χ0v) is 13.7. The molecule has 4 aromatic rings. The van der Waals surface area contributed by atoms with E-state index in [-0.39, 0.29) is 5.56 Å². The maximum Gasteiger partial charge on any atom is 0.291 e. The fourth-order valence-electron chi connectivity index (χ4n) is 2.12. The summed E-state index contributed by atoms with van der Waals surface area (Å²) in [5.74, 6) is 0.889. The average Bonchev–Trinajstić information content (AvgIpc) is 3.22. The molecule has 0 unspecified atom stereocenters. The summed E-state index contributed by atoms with van der Waals surface area (Å²) in [6.07, 6.45) is 3.18. The molecule has 0 saturated heterocycles. The van der Waals surface area contributed by atoms with E-state index in [0.29, 0.717) is 36.7 Å². The molecule has 1 aromatic carbocycles. The molecule has 0 amide bonds. The van der Waals surface area contributed by atoms with E-state index in [9.17, 15) is 4.79 Å². The van der Waals surface area contributed by atoms with Crippen LogP contribution >= 0.6 is 34.5 Å². The van der Waals surface area contributed by atoms with Crippen LogP contribution in [0.2, 0.25) is 10.0 Å². The van der Waals surface area contributed by atoms with Crippen molar-refractivity contribution in [2.45, 2.75) is 0 Å². The first-order valence-electron chi connectivity index (χ1n) is 6.52. The van der Waals surface area contributed by atoms with Gasteiger partial charge in [0.15, 0.2) is 5.76 Å². The largest absolute Gasteiger partial charge is 0.461 e. The summed E-state index contributed by atoms with van der Waals surface area (Å²) in [5.41, 5.74) is 0.329. The molecule has 0 aliphatic carbocycles. The SMILES string of the molecule is O=c1c(=Cc2c(Cl)cccc2Cl)sc2nc(-c3ccco3)nn12. The summed E-state index contributed by atoms with van der Waals surface area (Å²) in [6.45, 7) is 0. The van der Waals surface area contributed by atoms with Crippen molar-refractivity contribution in [3.8, 4) is 11.6 Å². The van der Waals surface area contributed by atoms with Gasteiger partial charge < -0.3 is 4.42 Å². The highest BCUT2D eigenvalue weighted by Crippen LogP contribution is 2.25. The number of furan rings is 1. The minimum atomic E-state index is -0.272. The van der Waals surface area contributed by atoms with Gasteiger partial charge in [0, 0.05) is 15.6 Å². The third-order valence-corrected chi connectivity index (χ3v) is 4.82. The predicted molar refractivity (Wildman–Crippen MR) is 90.1 cm³/mol. The lowest BCUT2D eigenvalue weighted by atomic mass is 10.2. The Balaban J connectivity index is 1.90. The molecule has 3 heterocycles. The Hall–Kier alpha value is -2.15. The van der Waals surface area contributed by atoms with Crippen molar-refractivity contribution in [2.75, 3.05) is 0 Å². The first-order valence-corrected chi connectivity index (χ1v) is 8.10. The molecule has 23 heavy (non-hydrogen) atoms. The Kier molecular flexibility index (Phi) is 3.45. The van der Waals surface area contributed by atoms with Gasteiger partial charge in [-0.25, -0.2) is 0 Å². The van der Waals surface area contributed by atoms with Gasteiger partial charge in [-0.3, -0.25) is 4.79 Å². The molecule has 114 valence electrons. The molecule has 0 spiro atoms. The summed E-state index contributed by atoms with van der Waals surface area (Å²) < 4.78 is 6.95. The zero-order valence-electron chi connectivity index (χ0n) is 11.4. The highest BCUT2D eigenvalue weighted by molar-refractivity contribution is 7.15. The number of fused-ring (bicyclic) bond motifs is 1. The minimum absolute atomic E-state index is 0.272. The predicted octanol–water partition coefficient (Wildman–Crippen LogP) is 3.27. The number of thiazole rings is 1. The Bertz CT molecular complexity index is 1100. The maximum atomic E-state index is 12.5. The van der Waals surface area contributed by atoms with Crippen molar-refractivity contribution in [2.24, 2.45) is 0 Å². The highest BCUT2D eigenvalue weighted by atomic mass is 35.5. The van der Waals surface area contributed by atoms with E-state index in [2.05, 4.69) is 10.1 Å². The standard InChI is InChI=1S/C15H7Cl2N3O2S/c16-9-3-1-4-10(17)8(9)7-12-14(21)20-15(23-12)18-13(19-20)11-5-2-6-22-11/h1-7H. The van der Waals surface area contributed by atoms with Gasteiger partial charge in [-0.15, -0.1) is 5.10 Å². The van der Waals surface area contributed by atoms with Crippen molar-refractivity contribution >= 4 is 45.6 Å². The summed E-state index contributed by atoms with van der Waals surface area (Å²) >= 11 is 13.5. The minimum Gasteiger partial charge on any atom is -0.461 e. The van der Waals surface area contributed by atoms with Gasteiger partial charge >= 0.3 is 0 Å². The molecule has 0 saturated carbocycles. The van der Waals surface area contributed by atoms with E-state index in [1.165, 1.54) is 22.1 Å². The summed E-state index contributed by atoms with van der Waals surface area (Å²) in [7, 11) is 0. The second kappa shape index (κ2) is 5.49. The Morgan fingerprint density at radius 1 is 1.17 bits per heavy atom. The summed E-state index contributed by atoms with van der Waals surface area (Å²) in [6, 6.07) is 8.66. The number of rotatable bonds is 2. The third kappa shape index (κ3) is 2.45. The number of nitrogens with zero attached hydrogens (tertiary/aromatic N) is 3. The third-order valence-electron chi connectivity index (χ3n) is 3.20. The van der Waals surface area contributed by atoms with Crippen LogP contribution in [0, 0.1) is 0 Å². The molecule has 0 N–H and O–H groups in total. The van der Waals surface area contributed by atoms with Gasteiger partial charge in [0.25, 0.3) is 5.56 Å². The Labute approximate surface area is 143 Å². The summed E-state index contributed by atoms with van der Waals surface area (Å²) in [5, 5.41) is 5.14. The molecule has 0 aliphatic rings. The molecule has 8 heteroatoms. The van der Waals surface area contributed by atoms with Gasteiger partial charge in [-0.05, 0) is 30.3 Å². The Morgan fingerprint density at radius 2 is 1.96 bits per heavy atom. The van der Waals surface area contributed by atoms with Gasteiger partial charge in [0.1, 0.15) is 0 Å². The average molecular weight is 364 g/mol. The molecular formula is C15H7Cl2N3O2S. The molecule has 0 aliphatic heterocycles. The molecule has 0 bridgehead atoms. The van der Waals surface area contributed by atoms with Crippen LogP contribution in [0.25, 0.3) is 22.6 Å². The van der Waals surface area contributed by atoms with Crippen LogP contribution in [-0.4, -0.2) is 14.6 Å². The van der Waals surface area contributed by atoms with E-state index >= 15 is 0 Å². The first-order chi connectivity index (χ1) is 11.1. The van der Waals surface area contributed by atoms with Crippen molar-refractivity contribution in [1.82, 2.24) is 14.6 Å².